The number of hydrogen-bond acceptors (Lipinski definition) is 29. The molecule has 15 N–H and O–H groups in total. The van der Waals surface area contributed by atoms with Crippen LogP contribution in [0.25, 0.3) is 0 Å². The number of hydrogen-bond donors (Lipinski definition) is 15. The van der Waals surface area contributed by atoms with Gasteiger partial charge in [0.15, 0.2) is 43.5 Å². The predicted molar refractivity (Wildman–Crippen MR) is 304 cm³/mol. The highest BCUT2D eigenvalue weighted by Gasteiger charge is 2.73. The second-order valence-electron chi connectivity index (χ2n) is 29.4. The van der Waals surface area contributed by atoms with Gasteiger partial charge in [-0.15, -0.1) is 0 Å². The van der Waals surface area contributed by atoms with Crippen LogP contribution < -0.4 is 0 Å². The van der Waals surface area contributed by atoms with Crippen LogP contribution in [-0.2, 0) is 71.3 Å². The maximum atomic E-state index is 16.0. The standard InChI is InChI=1S/C62H96O30/c1-23-34(68)37(71)42(76)51(82-23)91-49-48(90-53-44(78)39(73)36(70)29(21-64)86-53)45(84-25(3)66)24(2)83-55(49)92-56(81)62-17-16-57(4,5)18-27(62)26-10-11-31-58(6)14-13-33(59(7,22-65)30(58)12-15-60(31,8)61(26,9)19-32(62)67)87-54-47(41(75)40(74)46(88-54)50(79)80)89-52-43(77)38(72)35(69)28(20-63)85-52/h10,22-24,27-49,51-55,63-64,67-78H,11-21H2,1-9H3,(H,79,80)/t23-,24+,27-,28+,29+,30+,31+,32+,33-,34-,35-,36+,37+,38-,39-,40-,41-,42+,43+,44+,45-,46-,47+,48-,49+,51-,52-,53-,54+,55-,58-,59-,60+,61+,62+/m0/s1. The molecule has 5 aliphatic carbocycles. The molecule has 0 aromatic carbocycles. The van der Waals surface area contributed by atoms with E-state index in [0.717, 1.165) is 18.8 Å². The number of aliphatic hydroxyl groups excluding tert-OH is 14. The third-order valence-electron chi connectivity index (χ3n) is 23.7. The van der Waals surface area contributed by atoms with Crippen molar-refractivity contribution in [3.8, 4) is 0 Å². The SMILES string of the molecule is CC(=O)O[C@@H]1[C@H](O[C@@H]2O[C@H](CO)[C@@H](O)[C@H](O)[C@H]2O)[C@@H](O[C@@H]2O[C@@H](C)[C@H](O)[C@@H](O)[C@H]2O)[C@H](OC(=O)[C@]23CCC(C)(C)C[C@H]2C2=CC[C@@H]4[C@@]5(C)CC[C@H](O[C@@H]6O[C@H](C(=O)O)[C@@H](O)[C@H](O)[C@H]6O[C@@H]6O[C@H](CO)[C@H](O)[C@H](O)[C@H]6O)[C@@](C)(C=O)[C@@H]5CC[C@@]4(C)[C@]2(C)C[C@H]3O)O[C@@H]1C. The molecule has 5 saturated heterocycles. The maximum absolute atomic E-state index is 16.0. The molecular formula is C62H96O30. The van der Waals surface area contributed by atoms with Crippen molar-refractivity contribution in [2.24, 2.45) is 50.2 Å². The Balaban J connectivity index is 0.959. The average molecular weight is 1320 g/mol. The zero-order chi connectivity index (χ0) is 67.6. The quantitative estimate of drug-likeness (QED) is 0.0330. The lowest BCUT2D eigenvalue weighted by molar-refractivity contribution is -0.385. The molecule has 9 fully saturated rings. The van der Waals surface area contributed by atoms with Crippen LogP contribution in [0.4, 0.5) is 0 Å². The Bertz CT molecular complexity index is 2700. The minimum atomic E-state index is -2.12. The fourth-order valence-electron chi connectivity index (χ4n) is 18.1. The van der Waals surface area contributed by atoms with Crippen molar-refractivity contribution >= 4 is 24.2 Å². The molecule has 92 heavy (non-hydrogen) atoms. The Morgan fingerprint density at radius 1 is 0.554 bits per heavy atom. The Hall–Kier alpha value is -3.10. The Labute approximate surface area is 531 Å². The monoisotopic (exact) mass is 1320 g/mol. The van der Waals surface area contributed by atoms with E-state index in [0.29, 0.717) is 38.5 Å². The summed E-state index contributed by atoms with van der Waals surface area (Å²) in [7, 11) is 0. The van der Waals surface area contributed by atoms with E-state index in [1.807, 2.05) is 0 Å². The molecule has 0 bridgehead atoms. The van der Waals surface area contributed by atoms with Gasteiger partial charge in [0.1, 0.15) is 103 Å². The predicted octanol–water partition coefficient (Wildman–Crippen LogP) is -3.34. The van der Waals surface area contributed by atoms with Crippen LogP contribution >= 0.6 is 0 Å². The number of aliphatic hydroxyl groups is 14. The van der Waals surface area contributed by atoms with Crippen LogP contribution in [0.2, 0.25) is 0 Å². The number of esters is 2. The van der Waals surface area contributed by atoms with Gasteiger partial charge in [-0.2, -0.15) is 0 Å². The highest BCUT2D eigenvalue weighted by molar-refractivity contribution is 5.80. The van der Waals surface area contributed by atoms with Gasteiger partial charge in [-0.05, 0) is 111 Å². The molecule has 5 aliphatic heterocycles. The number of carbonyl (C=O) groups excluding carboxylic acids is 3. The van der Waals surface area contributed by atoms with E-state index in [1.54, 1.807) is 6.92 Å². The van der Waals surface area contributed by atoms with Crippen molar-refractivity contribution in [1.82, 2.24) is 0 Å². The molecular weight excluding hydrogens is 1220 g/mol. The summed E-state index contributed by atoms with van der Waals surface area (Å²) in [6, 6.07) is 0. The van der Waals surface area contributed by atoms with Crippen molar-refractivity contribution in [3.63, 3.8) is 0 Å². The van der Waals surface area contributed by atoms with Gasteiger partial charge in [0.2, 0.25) is 6.29 Å². The summed E-state index contributed by atoms with van der Waals surface area (Å²) in [4.78, 5) is 55.2. The molecule has 5 heterocycles. The van der Waals surface area contributed by atoms with E-state index in [1.165, 1.54) is 13.8 Å². The van der Waals surface area contributed by atoms with Crippen molar-refractivity contribution in [3.05, 3.63) is 11.6 Å². The molecule has 35 atom stereocenters. The number of aldehydes is 1. The van der Waals surface area contributed by atoms with E-state index in [9.17, 15) is 91.0 Å². The Morgan fingerprint density at radius 2 is 1.11 bits per heavy atom. The van der Waals surface area contributed by atoms with Crippen molar-refractivity contribution in [1.29, 1.82) is 0 Å². The normalized spacial score (nSPS) is 53.4. The Morgan fingerprint density at radius 3 is 1.67 bits per heavy atom. The van der Waals surface area contributed by atoms with Crippen molar-refractivity contribution in [2.45, 2.75) is 286 Å². The van der Waals surface area contributed by atoms with Crippen LogP contribution in [0.1, 0.15) is 120 Å². The van der Waals surface area contributed by atoms with Gasteiger partial charge >= 0.3 is 17.9 Å². The zero-order valence-electron chi connectivity index (χ0n) is 53.1. The maximum Gasteiger partial charge on any atom is 0.335 e. The topological polar surface area (TPSA) is 473 Å². The smallest absolute Gasteiger partial charge is 0.335 e. The molecule has 30 nitrogen and oxygen atoms in total. The van der Waals surface area contributed by atoms with Crippen LogP contribution in [-0.4, -0.2) is 280 Å². The van der Waals surface area contributed by atoms with Crippen LogP contribution in [0.5, 0.6) is 0 Å². The third kappa shape index (κ3) is 11.8. The number of carbonyl (C=O) groups is 4. The first-order valence-corrected chi connectivity index (χ1v) is 32.1. The van der Waals surface area contributed by atoms with Crippen LogP contribution in [0.3, 0.4) is 0 Å². The first-order valence-electron chi connectivity index (χ1n) is 32.1. The van der Waals surface area contributed by atoms with Gasteiger partial charge < -0.3 is 133 Å². The van der Waals surface area contributed by atoms with E-state index < -0.39 is 241 Å². The molecule has 4 saturated carbocycles. The highest BCUT2D eigenvalue weighted by Crippen LogP contribution is 2.76. The summed E-state index contributed by atoms with van der Waals surface area (Å²) >= 11 is 0. The highest BCUT2D eigenvalue weighted by atomic mass is 16.8. The molecule has 524 valence electrons. The number of allylic oxidation sites excluding steroid dienone is 2. The van der Waals surface area contributed by atoms with E-state index >= 15 is 4.79 Å². The first-order chi connectivity index (χ1) is 43.0. The summed E-state index contributed by atoms with van der Waals surface area (Å²) in [5.74, 6) is -4.77. The molecule has 0 spiro atoms. The summed E-state index contributed by atoms with van der Waals surface area (Å²) in [6.07, 6.45) is -41.5. The molecule has 0 unspecified atom stereocenters. The number of carboxylic acids is 1. The summed E-state index contributed by atoms with van der Waals surface area (Å²) < 4.78 is 66.8. The third-order valence-corrected chi connectivity index (χ3v) is 23.7. The van der Waals surface area contributed by atoms with E-state index in [2.05, 4.69) is 40.7 Å². The molecule has 10 rings (SSSR count). The largest absolute Gasteiger partial charge is 0.479 e. The number of ether oxygens (including phenoxy) is 11. The number of rotatable bonds is 15. The van der Waals surface area contributed by atoms with Crippen molar-refractivity contribution < 1.29 is 148 Å². The number of fused-ring (bicyclic) bond motifs is 7. The second-order valence-corrected chi connectivity index (χ2v) is 29.4. The lowest BCUT2D eigenvalue weighted by atomic mass is 9.33. The van der Waals surface area contributed by atoms with Crippen LogP contribution in [0.15, 0.2) is 11.6 Å². The number of carboxylic acid groups (broad SMARTS) is 1. The molecule has 0 amide bonds. The Kier molecular flexibility index (Phi) is 20.5. The minimum absolute atomic E-state index is 0.0441. The lowest BCUT2D eigenvalue weighted by Gasteiger charge is -2.71. The summed E-state index contributed by atoms with van der Waals surface area (Å²) in [6.45, 7) is 14.5. The lowest BCUT2D eigenvalue weighted by Crippen LogP contribution is -2.69. The van der Waals surface area contributed by atoms with Gasteiger partial charge in [0, 0.05) is 6.92 Å². The van der Waals surface area contributed by atoms with Crippen molar-refractivity contribution in [2.75, 3.05) is 13.2 Å². The fourth-order valence-corrected chi connectivity index (χ4v) is 18.1. The second kappa shape index (κ2) is 26.3. The van der Waals surface area contributed by atoms with Gasteiger partial charge in [0.25, 0.3) is 0 Å². The van der Waals surface area contributed by atoms with Gasteiger partial charge in [0.05, 0.1) is 43.0 Å². The van der Waals surface area contributed by atoms with Crippen LogP contribution in [0, 0.1) is 50.2 Å². The first kappa shape index (κ1) is 71.7. The summed E-state index contributed by atoms with van der Waals surface area (Å²) in [5.41, 5.74) is -4.64. The molecule has 10 aliphatic rings. The molecule has 30 heteroatoms. The zero-order valence-corrected chi connectivity index (χ0v) is 53.1. The van der Waals surface area contributed by atoms with E-state index in [4.69, 9.17) is 52.1 Å². The summed E-state index contributed by atoms with van der Waals surface area (Å²) in [5, 5.41) is 163. The van der Waals surface area contributed by atoms with Gasteiger partial charge in [-0.1, -0.05) is 53.2 Å². The number of aliphatic carboxylic acids is 1. The fraction of sp³-hybridized carbons (Fsp3) is 0.903. The molecule has 0 aromatic heterocycles. The minimum Gasteiger partial charge on any atom is -0.479 e. The molecule has 0 radical (unpaired) electrons. The van der Waals surface area contributed by atoms with Gasteiger partial charge in [-0.25, -0.2) is 4.79 Å². The average Bonchev–Trinajstić information content (AvgIpc) is 0.672. The molecule has 0 aromatic rings. The van der Waals surface area contributed by atoms with E-state index in [-0.39, 0.29) is 25.2 Å². The van der Waals surface area contributed by atoms with Gasteiger partial charge in [-0.3, -0.25) is 9.59 Å².